The lowest BCUT2D eigenvalue weighted by Crippen LogP contribution is -2.46. The Kier molecular flexibility index (Phi) is 3.52. The number of nitro groups is 1. The number of nitrogens with zero attached hydrogens (tertiary/aromatic N) is 2. The molecule has 0 radical (unpaired) electrons. The Morgan fingerprint density at radius 2 is 2.33 bits per heavy atom. The molecule has 1 aromatic carbocycles. The van der Waals surface area contributed by atoms with Crippen molar-refractivity contribution in [1.82, 2.24) is 0 Å². The zero-order valence-corrected chi connectivity index (χ0v) is 9.41. The van der Waals surface area contributed by atoms with Crippen LogP contribution >= 0.6 is 0 Å². The fraction of sp³-hybridized carbons (Fsp3) is 0.364. The molecule has 1 fully saturated rings. The number of anilines is 1. The molecule has 1 saturated heterocycles. The highest BCUT2D eigenvalue weighted by atomic mass is 19.1. The smallest absolute Gasteiger partial charge is 0.272 e. The van der Waals surface area contributed by atoms with E-state index >= 15 is 0 Å². The molecule has 1 atom stereocenters. The fourth-order valence-corrected chi connectivity index (χ4v) is 1.88. The highest BCUT2D eigenvalue weighted by Crippen LogP contribution is 2.26. The van der Waals surface area contributed by atoms with Gasteiger partial charge in [-0.15, -0.1) is 0 Å². The Morgan fingerprint density at radius 1 is 1.56 bits per heavy atom. The minimum absolute atomic E-state index is 0.181. The average Bonchev–Trinajstić information content (AvgIpc) is 2.38. The number of aldehydes is 1. The summed E-state index contributed by atoms with van der Waals surface area (Å²) in [6.45, 7) is 0.957. The molecule has 1 unspecified atom stereocenters. The summed E-state index contributed by atoms with van der Waals surface area (Å²) in [5, 5.41) is 10.5. The van der Waals surface area contributed by atoms with E-state index in [1.807, 2.05) is 0 Å². The van der Waals surface area contributed by atoms with Crippen LogP contribution in [0.1, 0.15) is 0 Å². The highest BCUT2D eigenvalue weighted by Gasteiger charge is 2.25. The molecule has 96 valence electrons. The van der Waals surface area contributed by atoms with E-state index in [1.54, 1.807) is 4.90 Å². The summed E-state index contributed by atoms with van der Waals surface area (Å²) in [6.07, 6.45) is 0.681. The zero-order chi connectivity index (χ0) is 13.1. The first-order chi connectivity index (χ1) is 8.63. The number of carbonyl (C=O) groups is 1. The Labute approximate surface area is 102 Å². The molecule has 18 heavy (non-hydrogen) atoms. The lowest BCUT2D eigenvalue weighted by molar-refractivity contribution is -0.385. The van der Waals surface area contributed by atoms with Gasteiger partial charge in [-0.3, -0.25) is 10.1 Å². The zero-order valence-electron chi connectivity index (χ0n) is 9.41. The number of nitro benzene ring substituents is 1. The van der Waals surface area contributed by atoms with Gasteiger partial charge in [-0.1, -0.05) is 0 Å². The molecule has 0 aromatic heterocycles. The second-order valence-corrected chi connectivity index (χ2v) is 3.86. The van der Waals surface area contributed by atoms with Crippen LogP contribution in [0.15, 0.2) is 18.2 Å². The highest BCUT2D eigenvalue weighted by molar-refractivity contribution is 5.67. The van der Waals surface area contributed by atoms with Crippen molar-refractivity contribution in [3.8, 4) is 0 Å². The number of morpholine rings is 1. The van der Waals surface area contributed by atoms with Crippen LogP contribution in [0.4, 0.5) is 15.8 Å². The first-order valence-corrected chi connectivity index (χ1v) is 5.37. The van der Waals surface area contributed by atoms with Gasteiger partial charge in [-0.25, -0.2) is 4.39 Å². The van der Waals surface area contributed by atoms with Crippen LogP contribution in [0, 0.1) is 15.9 Å². The number of benzene rings is 1. The third kappa shape index (κ3) is 2.30. The van der Waals surface area contributed by atoms with Gasteiger partial charge >= 0.3 is 0 Å². The summed E-state index contributed by atoms with van der Waals surface area (Å²) in [6, 6.07) is 2.83. The van der Waals surface area contributed by atoms with E-state index in [2.05, 4.69) is 0 Å². The van der Waals surface area contributed by atoms with Gasteiger partial charge in [0.25, 0.3) is 5.69 Å². The molecular formula is C11H11FN2O4. The standard InChI is InChI=1S/C11H11FN2O4/c12-10-5-8(14(16)17)1-2-11(10)13-3-4-18-7-9(13)6-15/h1-2,5-6,9H,3-4,7H2. The Hall–Kier alpha value is -2.02. The second kappa shape index (κ2) is 5.09. The molecule has 1 aliphatic heterocycles. The summed E-state index contributed by atoms with van der Waals surface area (Å²) in [5.41, 5.74) is -0.131. The Bertz CT molecular complexity index is 480. The Morgan fingerprint density at radius 3 is 2.94 bits per heavy atom. The maximum atomic E-state index is 13.8. The first-order valence-electron chi connectivity index (χ1n) is 5.37. The van der Waals surface area contributed by atoms with Crippen LogP contribution in [-0.2, 0) is 9.53 Å². The van der Waals surface area contributed by atoms with E-state index < -0.39 is 16.8 Å². The second-order valence-electron chi connectivity index (χ2n) is 3.86. The van der Waals surface area contributed by atoms with Crippen molar-refractivity contribution < 1.29 is 18.8 Å². The van der Waals surface area contributed by atoms with Crippen LogP contribution in [-0.4, -0.2) is 37.0 Å². The molecule has 0 amide bonds. The normalized spacial score (nSPS) is 19.6. The predicted molar refractivity (Wildman–Crippen MR) is 61.1 cm³/mol. The van der Waals surface area contributed by atoms with Crippen molar-refractivity contribution in [1.29, 1.82) is 0 Å². The third-order valence-electron chi connectivity index (χ3n) is 2.77. The van der Waals surface area contributed by atoms with Gasteiger partial charge < -0.3 is 14.4 Å². The number of ether oxygens (including phenoxy) is 1. The summed E-state index contributed by atoms with van der Waals surface area (Å²) >= 11 is 0. The minimum Gasteiger partial charge on any atom is -0.377 e. The van der Waals surface area contributed by atoms with Crippen molar-refractivity contribution in [2.75, 3.05) is 24.7 Å². The van der Waals surface area contributed by atoms with Gasteiger partial charge in [0.1, 0.15) is 12.3 Å². The fourth-order valence-electron chi connectivity index (χ4n) is 1.88. The molecule has 0 bridgehead atoms. The quantitative estimate of drug-likeness (QED) is 0.459. The van der Waals surface area contributed by atoms with Gasteiger partial charge in [-0.2, -0.15) is 0 Å². The van der Waals surface area contributed by atoms with E-state index in [-0.39, 0.29) is 18.0 Å². The van der Waals surface area contributed by atoms with Crippen LogP contribution in [0.25, 0.3) is 0 Å². The van der Waals surface area contributed by atoms with Gasteiger partial charge in [0, 0.05) is 12.6 Å². The molecule has 2 rings (SSSR count). The van der Waals surface area contributed by atoms with Crippen molar-refractivity contribution in [3.05, 3.63) is 34.1 Å². The lowest BCUT2D eigenvalue weighted by atomic mass is 10.2. The summed E-state index contributed by atoms with van der Waals surface area (Å²) in [5.74, 6) is -0.710. The van der Waals surface area contributed by atoms with Gasteiger partial charge in [0.05, 0.1) is 29.9 Å². The molecule has 1 aliphatic rings. The van der Waals surface area contributed by atoms with Gasteiger partial charge in [0.15, 0.2) is 5.82 Å². The monoisotopic (exact) mass is 254 g/mol. The van der Waals surface area contributed by atoms with Crippen molar-refractivity contribution in [2.24, 2.45) is 0 Å². The van der Waals surface area contributed by atoms with E-state index in [0.717, 1.165) is 6.07 Å². The number of hydrogen-bond donors (Lipinski definition) is 0. The summed E-state index contributed by atoms with van der Waals surface area (Å²) in [7, 11) is 0. The molecule has 0 aliphatic carbocycles. The Balaban J connectivity index is 2.32. The summed E-state index contributed by atoms with van der Waals surface area (Å²) in [4.78, 5) is 22.3. The van der Waals surface area contributed by atoms with E-state index in [0.29, 0.717) is 19.4 Å². The van der Waals surface area contributed by atoms with Gasteiger partial charge in [-0.05, 0) is 6.07 Å². The largest absolute Gasteiger partial charge is 0.377 e. The van der Waals surface area contributed by atoms with E-state index in [9.17, 15) is 19.3 Å². The number of non-ortho nitro benzene ring substituents is 1. The topological polar surface area (TPSA) is 72.7 Å². The third-order valence-corrected chi connectivity index (χ3v) is 2.77. The molecule has 6 nitrogen and oxygen atoms in total. The molecule has 7 heteroatoms. The lowest BCUT2D eigenvalue weighted by Gasteiger charge is -2.34. The van der Waals surface area contributed by atoms with Crippen molar-refractivity contribution in [3.63, 3.8) is 0 Å². The molecule has 1 heterocycles. The van der Waals surface area contributed by atoms with Crippen molar-refractivity contribution in [2.45, 2.75) is 6.04 Å². The number of carbonyl (C=O) groups excluding carboxylic acids is 1. The molecule has 0 spiro atoms. The molecule has 1 aromatic rings. The molecule has 0 N–H and O–H groups in total. The van der Waals surface area contributed by atoms with Crippen LogP contribution in [0.5, 0.6) is 0 Å². The molecule has 0 saturated carbocycles. The SMILES string of the molecule is O=CC1COCCN1c1ccc([N+](=O)[O-])cc1F. The maximum Gasteiger partial charge on any atom is 0.272 e. The number of rotatable bonds is 3. The van der Waals surface area contributed by atoms with Crippen LogP contribution < -0.4 is 4.90 Å². The van der Waals surface area contributed by atoms with Crippen LogP contribution in [0.3, 0.4) is 0 Å². The number of halogens is 1. The van der Waals surface area contributed by atoms with Crippen LogP contribution in [0.2, 0.25) is 0 Å². The number of hydrogen-bond acceptors (Lipinski definition) is 5. The van der Waals surface area contributed by atoms with Gasteiger partial charge in [0.2, 0.25) is 0 Å². The maximum absolute atomic E-state index is 13.8. The average molecular weight is 254 g/mol. The predicted octanol–water partition coefficient (Wildman–Crippen LogP) is 1.14. The van der Waals surface area contributed by atoms with Crippen molar-refractivity contribution >= 4 is 17.7 Å². The minimum atomic E-state index is -0.710. The molecular weight excluding hydrogens is 243 g/mol. The van der Waals surface area contributed by atoms with E-state index in [1.165, 1.54) is 12.1 Å². The van der Waals surface area contributed by atoms with E-state index in [4.69, 9.17) is 4.74 Å². The first kappa shape index (κ1) is 12.4. The summed E-state index contributed by atoms with van der Waals surface area (Å²) < 4.78 is 18.9.